The fourth-order valence-electron chi connectivity index (χ4n) is 2.30. The largest absolute Gasteiger partial charge is 0.496 e. The van der Waals surface area contributed by atoms with Gasteiger partial charge in [-0.15, -0.1) is 0 Å². The molecule has 6 nitrogen and oxygen atoms in total. The molecular formula is C18H24O6. The summed E-state index contributed by atoms with van der Waals surface area (Å²) in [7, 11) is 1.53. The summed E-state index contributed by atoms with van der Waals surface area (Å²) < 4.78 is 15.1. The number of hydrogen-bond donors (Lipinski definition) is 0. The van der Waals surface area contributed by atoms with Crippen LogP contribution in [0.2, 0.25) is 0 Å². The van der Waals surface area contributed by atoms with Crippen LogP contribution < -0.4 is 4.74 Å². The van der Waals surface area contributed by atoms with Crippen LogP contribution in [0.25, 0.3) is 0 Å². The quantitative estimate of drug-likeness (QED) is 0.482. The molecule has 1 atom stereocenters. The second kappa shape index (κ2) is 10.4. The van der Waals surface area contributed by atoms with Crippen LogP contribution in [0, 0.1) is 5.92 Å². The van der Waals surface area contributed by atoms with E-state index in [1.54, 1.807) is 26.0 Å². The third-order valence-electron chi connectivity index (χ3n) is 3.46. The van der Waals surface area contributed by atoms with Gasteiger partial charge in [0.25, 0.3) is 0 Å². The van der Waals surface area contributed by atoms with Crippen LogP contribution in [-0.2, 0) is 30.3 Å². The van der Waals surface area contributed by atoms with Gasteiger partial charge in [-0.3, -0.25) is 14.4 Å². The highest BCUT2D eigenvalue weighted by atomic mass is 16.5. The molecule has 0 fully saturated rings. The maximum atomic E-state index is 12.4. The van der Waals surface area contributed by atoms with E-state index in [9.17, 15) is 14.4 Å². The Morgan fingerprint density at radius 1 is 1.00 bits per heavy atom. The lowest BCUT2D eigenvalue weighted by atomic mass is 9.92. The first-order valence-electron chi connectivity index (χ1n) is 8.00. The first-order chi connectivity index (χ1) is 11.5. The normalized spacial score (nSPS) is 11.5. The number of rotatable bonds is 10. The minimum atomic E-state index is -0.962. The fourth-order valence-corrected chi connectivity index (χ4v) is 2.30. The topological polar surface area (TPSA) is 78.9 Å². The lowest BCUT2D eigenvalue weighted by molar-refractivity contribution is -0.153. The monoisotopic (exact) mass is 336 g/mol. The Labute approximate surface area is 142 Å². The maximum Gasteiger partial charge on any atom is 0.316 e. The standard InChI is InChI=1S/C18H24O6/c1-4-23-17(20)11-10-15(19)14(18(21)24-5-2)12-13-8-6-7-9-16(13)22-3/h6-9,14H,4-5,10-12H2,1-3H3. The summed E-state index contributed by atoms with van der Waals surface area (Å²) in [4.78, 5) is 36.0. The number of ether oxygens (including phenoxy) is 3. The van der Waals surface area contributed by atoms with Gasteiger partial charge in [-0.1, -0.05) is 18.2 Å². The molecule has 0 saturated heterocycles. The van der Waals surface area contributed by atoms with Crippen molar-refractivity contribution in [1.82, 2.24) is 0 Å². The van der Waals surface area contributed by atoms with Crippen molar-refractivity contribution in [3.8, 4) is 5.75 Å². The van der Waals surface area contributed by atoms with Crippen LogP contribution in [0.1, 0.15) is 32.3 Å². The molecule has 0 aliphatic carbocycles. The predicted molar refractivity (Wildman–Crippen MR) is 87.7 cm³/mol. The Kier molecular flexibility index (Phi) is 8.54. The second-order valence-corrected chi connectivity index (χ2v) is 5.09. The van der Waals surface area contributed by atoms with Gasteiger partial charge in [0, 0.05) is 6.42 Å². The third kappa shape index (κ3) is 6.02. The van der Waals surface area contributed by atoms with Crippen LogP contribution in [0.5, 0.6) is 5.75 Å². The average molecular weight is 336 g/mol. The maximum absolute atomic E-state index is 12.4. The van der Waals surface area contributed by atoms with Gasteiger partial charge in [-0.2, -0.15) is 0 Å². The van der Waals surface area contributed by atoms with Gasteiger partial charge >= 0.3 is 11.9 Å². The molecule has 0 radical (unpaired) electrons. The molecule has 0 aliphatic heterocycles. The summed E-state index contributed by atoms with van der Waals surface area (Å²) in [6.45, 7) is 3.83. The predicted octanol–water partition coefficient (Wildman–Crippen LogP) is 2.33. The number of ketones is 1. The number of para-hydroxylation sites is 1. The summed E-state index contributed by atoms with van der Waals surface area (Å²) >= 11 is 0. The van der Waals surface area contributed by atoms with Crippen molar-refractivity contribution < 1.29 is 28.6 Å². The summed E-state index contributed by atoms with van der Waals surface area (Å²) in [6.07, 6.45) is 0.0659. The Morgan fingerprint density at radius 2 is 1.67 bits per heavy atom. The van der Waals surface area contributed by atoms with E-state index in [4.69, 9.17) is 14.2 Å². The number of carbonyl (C=O) groups is 3. The number of methoxy groups -OCH3 is 1. The molecule has 0 amide bonds. The van der Waals surface area contributed by atoms with Crippen molar-refractivity contribution in [2.45, 2.75) is 33.1 Å². The van der Waals surface area contributed by atoms with E-state index in [1.807, 2.05) is 12.1 Å². The summed E-state index contributed by atoms with van der Waals surface area (Å²) in [5.74, 6) is -1.74. The summed E-state index contributed by atoms with van der Waals surface area (Å²) in [6, 6.07) is 7.18. The van der Waals surface area contributed by atoms with Crippen molar-refractivity contribution in [2.24, 2.45) is 5.92 Å². The first kappa shape index (κ1) is 19.7. The van der Waals surface area contributed by atoms with E-state index in [0.29, 0.717) is 5.75 Å². The van der Waals surface area contributed by atoms with Gasteiger partial charge in [-0.25, -0.2) is 0 Å². The van der Waals surface area contributed by atoms with E-state index < -0.39 is 17.9 Å². The zero-order valence-corrected chi connectivity index (χ0v) is 14.4. The molecule has 0 spiro atoms. The number of benzene rings is 1. The smallest absolute Gasteiger partial charge is 0.316 e. The molecule has 0 heterocycles. The average Bonchev–Trinajstić information content (AvgIpc) is 2.58. The van der Waals surface area contributed by atoms with Crippen molar-refractivity contribution in [3.05, 3.63) is 29.8 Å². The van der Waals surface area contributed by atoms with Gasteiger partial charge in [-0.05, 0) is 31.9 Å². The Bertz CT molecular complexity index is 566. The highest BCUT2D eigenvalue weighted by Crippen LogP contribution is 2.23. The minimum absolute atomic E-state index is 0.0471. The minimum Gasteiger partial charge on any atom is -0.496 e. The number of hydrogen-bond acceptors (Lipinski definition) is 6. The highest BCUT2D eigenvalue weighted by Gasteiger charge is 2.29. The van der Waals surface area contributed by atoms with Crippen LogP contribution in [0.4, 0.5) is 0 Å². The summed E-state index contributed by atoms with van der Waals surface area (Å²) in [5.41, 5.74) is 0.738. The highest BCUT2D eigenvalue weighted by molar-refractivity contribution is 6.00. The number of Topliss-reactive ketones (excluding diaryl/α,β-unsaturated/α-hetero) is 1. The Morgan fingerprint density at radius 3 is 2.29 bits per heavy atom. The lowest BCUT2D eigenvalue weighted by Gasteiger charge is -2.16. The summed E-state index contributed by atoms with van der Waals surface area (Å²) in [5, 5.41) is 0. The fraction of sp³-hybridized carbons (Fsp3) is 0.500. The zero-order chi connectivity index (χ0) is 17.9. The molecule has 1 aromatic rings. The molecule has 1 unspecified atom stereocenters. The molecule has 24 heavy (non-hydrogen) atoms. The molecule has 0 aliphatic rings. The van der Waals surface area contributed by atoms with E-state index >= 15 is 0 Å². The van der Waals surface area contributed by atoms with Crippen molar-refractivity contribution >= 4 is 17.7 Å². The molecule has 1 aromatic carbocycles. The van der Waals surface area contributed by atoms with Gasteiger partial charge in [0.2, 0.25) is 0 Å². The van der Waals surface area contributed by atoms with Crippen LogP contribution in [0.3, 0.4) is 0 Å². The van der Waals surface area contributed by atoms with Gasteiger partial charge in [0.1, 0.15) is 17.5 Å². The first-order valence-corrected chi connectivity index (χ1v) is 8.00. The van der Waals surface area contributed by atoms with Crippen LogP contribution in [-0.4, -0.2) is 38.0 Å². The SMILES string of the molecule is CCOC(=O)CCC(=O)C(Cc1ccccc1OC)C(=O)OCC. The van der Waals surface area contributed by atoms with Gasteiger partial charge < -0.3 is 14.2 Å². The number of carbonyl (C=O) groups excluding carboxylic acids is 3. The van der Waals surface area contributed by atoms with Crippen LogP contribution in [0.15, 0.2) is 24.3 Å². The molecule has 0 saturated carbocycles. The molecule has 1 rings (SSSR count). The Balaban J connectivity index is 2.85. The molecule has 132 valence electrons. The van der Waals surface area contributed by atoms with E-state index in [-0.39, 0.29) is 38.3 Å². The molecule has 0 bridgehead atoms. The molecular weight excluding hydrogens is 312 g/mol. The Hall–Kier alpha value is -2.37. The van der Waals surface area contributed by atoms with E-state index in [1.165, 1.54) is 7.11 Å². The van der Waals surface area contributed by atoms with Gasteiger partial charge in [0.05, 0.1) is 26.7 Å². The van der Waals surface area contributed by atoms with Crippen molar-refractivity contribution in [2.75, 3.05) is 20.3 Å². The molecule has 0 aromatic heterocycles. The van der Waals surface area contributed by atoms with Crippen molar-refractivity contribution in [3.63, 3.8) is 0 Å². The van der Waals surface area contributed by atoms with E-state index in [2.05, 4.69) is 0 Å². The van der Waals surface area contributed by atoms with Crippen molar-refractivity contribution in [1.29, 1.82) is 0 Å². The van der Waals surface area contributed by atoms with Gasteiger partial charge in [0.15, 0.2) is 0 Å². The molecule has 0 N–H and O–H groups in total. The van der Waals surface area contributed by atoms with E-state index in [0.717, 1.165) is 5.56 Å². The van der Waals surface area contributed by atoms with Crippen LogP contribution >= 0.6 is 0 Å². The molecule has 6 heteroatoms. The second-order valence-electron chi connectivity index (χ2n) is 5.09. The number of esters is 2. The zero-order valence-electron chi connectivity index (χ0n) is 14.4. The lowest BCUT2D eigenvalue weighted by Crippen LogP contribution is -2.29. The third-order valence-corrected chi connectivity index (χ3v) is 3.46.